The summed E-state index contributed by atoms with van der Waals surface area (Å²) in [5.41, 5.74) is 9.32. The zero-order valence-corrected chi connectivity index (χ0v) is 14.2. The van der Waals surface area contributed by atoms with Gasteiger partial charge in [-0.15, -0.1) is 0 Å². The Labute approximate surface area is 143 Å². The minimum absolute atomic E-state index is 0.241. The number of nitrogens with two attached hydrogens (primary N) is 1. The highest BCUT2D eigenvalue weighted by Crippen LogP contribution is 2.32. The van der Waals surface area contributed by atoms with Gasteiger partial charge in [0.1, 0.15) is 0 Å². The van der Waals surface area contributed by atoms with Gasteiger partial charge in [-0.05, 0) is 43.4 Å². The monoisotopic (exact) mass is 329 g/mol. The molecule has 2 heterocycles. The highest BCUT2D eigenvalue weighted by Gasteiger charge is 2.37. The van der Waals surface area contributed by atoms with Crippen LogP contribution in [0, 0.1) is 0 Å². The summed E-state index contributed by atoms with van der Waals surface area (Å²) in [4.78, 5) is 17.3. The molecule has 0 spiro atoms. The van der Waals surface area contributed by atoms with E-state index in [1.54, 1.807) is 0 Å². The fraction of sp³-hybridized carbons (Fsp3) is 0.632. The molecule has 2 atom stereocenters. The first-order valence-electron chi connectivity index (χ1n) is 9.27. The lowest BCUT2D eigenvalue weighted by atomic mass is 9.90. The molecule has 1 aliphatic carbocycles. The molecule has 2 N–H and O–H groups in total. The fourth-order valence-corrected chi connectivity index (χ4v) is 4.55. The standard InChI is InChI=1S/C19H27N3O2/c20-15-6-3-8-16-14(15)5-4-10-21(16)13-19(23)22-11-12-24-18-9-2-1-7-17(18)22/h3,6,8,17-18H,1-2,4-5,7,9-13,20H2. The Morgan fingerprint density at radius 2 is 2.08 bits per heavy atom. The van der Waals surface area contributed by atoms with Crippen molar-refractivity contribution >= 4 is 17.3 Å². The van der Waals surface area contributed by atoms with E-state index in [1.807, 2.05) is 12.1 Å². The first-order chi connectivity index (χ1) is 11.7. The van der Waals surface area contributed by atoms with Crippen molar-refractivity contribution in [1.29, 1.82) is 0 Å². The van der Waals surface area contributed by atoms with E-state index in [-0.39, 0.29) is 18.1 Å². The molecule has 1 amide bonds. The number of carbonyl (C=O) groups excluding carboxylic acids is 1. The van der Waals surface area contributed by atoms with E-state index < -0.39 is 0 Å². The van der Waals surface area contributed by atoms with Gasteiger partial charge in [-0.3, -0.25) is 4.79 Å². The molecule has 3 aliphatic rings. The number of benzene rings is 1. The molecule has 1 aromatic carbocycles. The number of hydrogen-bond donors (Lipinski definition) is 1. The molecule has 4 rings (SSSR count). The van der Waals surface area contributed by atoms with Crippen molar-refractivity contribution < 1.29 is 9.53 Å². The van der Waals surface area contributed by atoms with Crippen LogP contribution in [0.2, 0.25) is 0 Å². The van der Waals surface area contributed by atoms with Crippen LogP contribution in [0.25, 0.3) is 0 Å². The predicted octanol–water partition coefficient (Wildman–Crippen LogP) is 2.19. The van der Waals surface area contributed by atoms with Crippen LogP contribution < -0.4 is 10.6 Å². The highest BCUT2D eigenvalue weighted by molar-refractivity contribution is 5.83. The number of ether oxygens (including phenoxy) is 1. The normalized spacial score (nSPS) is 26.7. The molecule has 130 valence electrons. The first-order valence-corrected chi connectivity index (χ1v) is 9.27. The Hall–Kier alpha value is -1.75. The Morgan fingerprint density at radius 3 is 3.00 bits per heavy atom. The lowest BCUT2D eigenvalue weighted by Crippen LogP contribution is -2.57. The molecule has 1 saturated carbocycles. The molecule has 1 aromatic rings. The zero-order valence-electron chi connectivity index (χ0n) is 14.2. The van der Waals surface area contributed by atoms with Crippen LogP contribution in [0.1, 0.15) is 37.7 Å². The molecule has 2 fully saturated rings. The van der Waals surface area contributed by atoms with Crippen molar-refractivity contribution in [2.45, 2.75) is 50.7 Å². The van der Waals surface area contributed by atoms with Gasteiger partial charge in [-0.25, -0.2) is 0 Å². The molecule has 24 heavy (non-hydrogen) atoms. The maximum Gasteiger partial charge on any atom is 0.242 e. The first kappa shape index (κ1) is 15.8. The van der Waals surface area contributed by atoms with Gasteiger partial charge in [-0.2, -0.15) is 0 Å². The van der Waals surface area contributed by atoms with Gasteiger partial charge in [-0.1, -0.05) is 18.9 Å². The van der Waals surface area contributed by atoms with E-state index in [0.29, 0.717) is 13.2 Å². The molecule has 0 bridgehead atoms. The van der Waals surface area contributed by atoms with Gasteiger partial charge in [0, 0.05) is 24.5 Å². The molecular formula is C19H27N3O2. The van der Waals surface area contributed by atoms with Crippen LogP contribution in [0.4, 0.5) is 11.4 Å². The van der Waals surface area contributed by atoms with Gasteiger partial charge >= 0.3 is 0 Å². The molecule has 2 unspecified atom stereocenters. The SMILES string of the molecule is Nc1cccc2c1CCCN2CC(=O)N1CCOC2CCCCC21. The summed E-state index contributed by atoms with van der Waals surface area (Å²) in [6.07, 6.45) is 6.93. The smallest absolute Gasteiger partial charge is 0.242 e. The van der Waals surface area contributed by atoms with Gasteiger partial charge in [0.2, 0.25) is 5.91 Å². The molecule has 5 heteroatoms. The molecule has 5 nitrogen and oxygen atoms in total. The van der Waals surface area contributed by atoms with Gasteiger partial charge in [0.05, 0.1) is 25.3 Å². The summed E-state index contributed by atoms with van der Waals surface area (Å²) in [7, 11) is 0. The predicted molar refractivity (Wildman–Crippen MR) is 95.1 cm³/mol. The number of amides is 1. The number of morpholine rings is 1. The summed E-state index contributed by atoms with van der Waals surface area (Å²) < 4.78 is 5.90. The van der Waals surface area contributed by atoms with Crippen molar-refractivity contribution in [2.24, 2.45) is 0 Å². The summed E-state index contributed by atoms with van der Waals surface area (Å²) in [5, 5.41) is 0. The van der Waals surface area contributed by atoms with E-state index in [4.69, 9.17) is 10.5 Å². The van der Waals surface area contributed by atoms with Crippen LogP contribution in [0.5, 0.6) is 0 Å². The van der Waals surface area contributed by atoms with Gasteiger partial charge < -0.3 is 20.3 Å². The Bertz CT molecular complexity index is 617. The lowest BCUT2D eigenvalue weighted by Gasteiger charge is -2.44. The number of rotatable bonds is 2. The average Bonchev–Trinajstić information content (AvgIpc) is 2.62. The number of fused-ring (bicyclic) bond motifs is 2. The third-order valence-corrected chi connectivity index (χ3v) is 5.76. The maximum absolute atomic E-state index is 13.0. The van der Waals surface area contributed by atoms with Crippen LogP contribution in [0.3, 0.4) is 0 Å². The molecule has 0 aromatic heterocycles. The minimum Gasteiger partial charge on any atom is -0.398 e. The van der Waals surface area contributed by atoms with Gasteiger partial charge in [0.15, 0.2) is 0 Å². The van der Waals surface area contributed by atoms with Crippen molar-refractivity contribution in [3.63, 3.8) is 0 Å². The third-order valence-electron chi connectivity index (χ3n) is 5.76. The van der Waals surface area contributed by atoms with E-state index in [1.165, 1.54) is 18.4 Å². The van der Waals surface area contributed by atoms with E-state index in [9.17, 15) is 4.79 Å². The number of hydrogen-bond acceptors (Lipinski definition) is 4. The minimum atomic E-state index is 0.241. The number of carbonyl (C=O) groups is 1. The van der Waals surface area contributed by atoms with Crippen molar-refractivity contribution in [2.75, 3.05) is 36.9 Å². The topological polar surface area (TPSA) is 58.8 Å². The van der Waals surface area contributed by atoms with Crippen LogP contribution in [0.15, 0.2) is 18.2 Å². The Morgan fingerprint density at radius 1 is 1.21 bits per heavy atom. The van der Waals surface area contributed by atoms with Crippen LogP contribution in [-0.4, -0.2) is 49.2 Å². The highest BCUT2D eigenvalue weighted by atomic mass is 16.5. The lowest BCUT2D eigenvalue weighted by molar-refractivity contribution is -0.148. The van der Waals surface area contributed by atoms with E-state index in [2.05, 4.69) is 15.9 Å². The third kappa shape index (κ3) is 2.86. The van der Waals surface area contributed by atoms with Crippen molar-refractivity contribution in [3.05, 3.63) is 23.8 Å². The largest absolute Gasteiger partial charge is 0.398 e. The number of nitrogen functional groups attached to an aromatic ring is 1. The fourth-order valence-electron chi connectivity index (χ4n) is 4.55. The summed E-state index contributed by atoms with van der Waals surface area (Å²) in [5.74, 6) is 0.241. The Balaban J connectivity index is 1.50. The second-order valence-corrected chi connectivity index (χ2v) is 7.22. The molecule has 1 saturated heterocycles. The second kappa shape index (κ2) is 6.63. The number of nitrogens with zero attached hydrogens (tertiary/aromatic N) is 2. The summed E-state index contributed by atoms with van der Waals surface area (Å²) in [6, 6.07) is 6.33. The zero-order chi connectivity index (χ0) is 16.5. The second-order valence-electron chi connectivity index (χ2n) is 7.22. The summed E-state index contributed by atoms with van der Waals surface area (Å²) in [6.45, 7) is 2.80. The quantitative estimate of drug-likeness (QED) is 0.845. The maximum atomic E-state index is 13.0. The Kier molecular flexibility index (Phi) is 4.35. The van der Waals surface area contributed by atoms with Crippen LogP contribution in [-0.2, 0) is 16.0 Å². The summed E-state index contributed by atoms with van der Waals surface area (Å²) >= 11 is 0. The van der Waals surface area contributed by atoms with E-state index >= 15 is 0 Å². The average molecular weight is 329 g/mol. The number of anilines is 2. The van der Waals surface area contributed by atoms with Gasteiger partial charge in [0.25, 0.3) is 0 Å². The molecular weight excluding hydrogens is 302 g/mol. The van der Waals surface area contributed by atoms with Crippen LogP contribution >= 0.6 is 0 Å². The molecule has 0 radical (unpaired) electrons. The van der Waals surface area contributed by atoms with E-state index in [0.717, 1.165) is 50.1 Å². The van der Waals surface area contributed by atoms with Crippen molar-refractivity contribution in [3.8, 4) is 0 Å². The van der Waals surface area contributed by atoms with Crippen molar-refractivity contribution in [1.82, 2.24) is 4.90 Å². The molecule has 2 aliphatic heterocycles.